The fraction of sp³-hybridized carbons (Fsp3) is 0.636. The van der Waals surface area contributed by atoms with Gasteiger partial charge in [-0.05, 0) is 99.2 Å². The molecule has 0 atom stereocenters. The zero-order valence-electron chi connectivity index (χ0n) is 15.2. The van der Waals surface area contributed by atoms with Crippen LogP contribution in [0.3, 0.4) is 0 Å². The van der Waals surface area contributed by atoms with Crippen LogP contribution in [0.4, 0.5) is 13.2 Å². The van der Waals surface area contributed by atoms with E-state index in [4.69, 9.17) is 11.6 Å². The molecule has 2 saturated carbocycles. The van der Waals surface area contributed by atoms with Crippen molar-refractivity contribution in [1.29, 1.82) is 0 Å². The maximum absolute atomic E-state index is 13.7. The number of halogens is 4. The predicted molar refractivity (Wildman–Crippen MR) is 101 cm³/mol. The van der Waals surface area contributed by atoms with Gasteiger partial charge >= 0.3 is 0 Å². The van der Waals surface area contributed by atoms with Crippen LogP contribution < -0.4 is 0 Å². The maximum atomic E-state index is 13.7. The minimum Gasteiger partial charge on any atom is -0.251 e. The molecule has 1 aromatic rings. The van der Waals surface area contributed by atoms with Crippen LogP contribution in [0.15, 0.2) is 24.3 Å². The Kier molecular flexibility index (Phi) is 7.08. The van der Waals surface area contributed by atoms with Crippen LogP contribution in [0.25, 0.3) is 0 Å². The molecule has 0 saturated heterocycles. The molecule has 0 aliphatic heterocycles. The number of benzene rings is 1. The van der Waals surface area contributed by atoms with Gasteiger partial charge in [0.25, 0.3) is 0 Å². The molecule has 26 heavy (non-hydrogen) atoms. The summed E-state index contributed by atoms with van der Waals surface area (Å²) in [5.74, 6) is 1.08. The highest BCUT2D eigenvalue weighted by Crippen LogP contribution is 2.44. The van der Waals surface area contributed by atoms with E-state index in [1.807, 2.05) is 6.08 Å². The molecule has 2 aliphatic rings. The third kappa shape index (κ3) is 4.85. The van der Waals surface area contributed by atoms with Gasteiger partial charge in [-0.15, -0.1) is 0 Å². The van der Waals surface area contributed by atoms with Gasteiger partial charge in [-0.1, -0.05) is 23.8 Å². The lowest BCUT2D eigenvalue weighted by Crippen LogP contribution is -2.25. The monoisotopic (exact) mass is 384 g/mol. The fourth-order valence-electron chi connectivity index (χ4n) is 4.90. The van der Waals surface area contributed by atoms with Crippen molar-refractivity contribution in [1.82, 2.24) is 0 Å². The Labute approximate surface area is 159 Å². The molecule has 1 aromatic carbocycles. The first-order valence-corrected chi connectivity index (χ1v) is 10.3. The molecule has 0 radical (unpaired) electrons. The van der Waals surface area contributed by atoms with Crippen LogP contribution in [-0.2, 0) is 0 Å². The number of hydrogen-bond acceptors (Lipinski definition) is 0. The van der Waals surface area contributed by atoms with Gasteiger partial charge in [-0.25, -0.2) is 8.78 Å². The van der Waals surface area contributed by atoms with Crippen molar-refractivity contribution in [3.8, 4) is 0 Å². The van der Waals surface area contributed by atoms with E-state index in [-0.39, 0.29) is 12.6 Å². The van der Waals surface area contributed by atoms with E-state index in [1.54, 1.807) is 0 Å². The lowest BCUT2D eigenvalue weighted by atomic mass is 9.68. The molecule has 0 unspecified atom stereocenters. The van der Waals surface area contributed by atoms with Gasteiger partial charge in [0.05, 0.1) is 6.67 Å². The average Bonchev–Trinajstić information content (AvgIpc) is 2.67. The third-order valence-electron chi connectivity index (χ3n) is 6.42. The lowest BCUT2D eigenvalue weighted by molar-refractivity contribution is 0.171. The Morgan fingerprint density at radius 1 is 0.885 bits per heavy atom. The second-order valence-electron chi connectivity index (χ2n) is 7.99. The average molecular weight is 385 g/mol. The van der Waals surface area contributed by atoms with Gasteiger partial charge in [0.15, 0.2) is 0 Å². The first-order chi connectivity index (χ1) is 12.6. The quantitative estimate of drug-likeness (QED) is 0.362. The van der Waals surface area contributed by atoms with Crippen LogP contribution in [0, 0.1) is 29.4 Å². The lowest BCUT2D eigenvalue weighted by Gasteiger charge is -2.37. The summed E-state index contributed by atoms with van der Waals surface area (Å²) in [6.45, 7) is -0.267. The van der Waals surface area contributed by atoms with Crippen LogP contribution in [0.1, 0.15) is 69.3 Å². The standard InChI is InChI=1S/C22H28ClF3/c23-22-20(25)13-19(14-21(22)26)18-10-8-17(9-11-18)16-6-4-15(5-7-16)3-1-2-12-24/h1,3,13-18H,2,4-12H2. The van der Waals surface area contributed by atoms with Gasteiger partial charge in [-0.2, -0.15) is 0 Å². The first kappa shape index (κ1) is 19.8. The zero-order chi connectivity index (χ0) is 18.5. The van der Waals surface area contributed by atoms with E-state index in [2.05, 4.69) is 6.08 Å². The fourth-order valence-corrected chi connectivity index (χ4v) is 5.00. The molecule has 0 nitrogen and oxygen atoms in total. The molecule has 0 amide bonds. The summed E-state index contributed by atoms with van der Waals surface area (Å²) < 4.78 is 39.6. The number of rotatable bonds is 5. The summed E-state index contributed by atoms with van der Waals surface area (Å²) in [4.78, 5) is 0. The third-order valence-corrected chi connectivity index (χ3v) is 6.78. The summed E-state index contributed by atoms with van der Waals surface area (Å²) in [7, 11) is 0. The Morgan fingerprint density at radius 2 is 1.42 bits per heavy atom. The molecule has 0 aromatic heterocycles. The van der Waals surface area contributed by atoms with Crippen LogP contribution >= 0.6 is 11.6 Å². The van der Waals surface area contributed by atoms with Crippen molar-refractivity contribution in [2.45, 2.75) is 63.7 Å². The van der Waals surface area contributed by atoms with Crippen molar-refractivity contribution in [3.63, 3.8) is 0 Å². The second kappa shape index (κ2) is 9.30. The molecule has 144 valence electrons. The number of allylic oxidation sites excluding steroid dienone is 2. The highest BCUT2D eigenvalue weighted by atomic mass is 35.5. The molecular formula is C22H28ClF3. The summed E-state index contributed by atoms with van der Waals surface area (Å²) >= 11 is 5.59. The van der Waals surface area contributed by atoms with Gasteiger partial charge in [0.1, 0.15) is 16.7 Å². The second-order valence-corrected chi connectivity index (χ2v) is 8.37. The minimum atomic E-state index is -0.650. The van der Waals surface area contributed by atoms with Gasteiger partial charge in [-0.3, -0.25) is 4.39 Å². The topological polar surface area (TPSA) is 0 Å². The molecule has 3 rings (SSSR count). The largest absolute Gasteiger partial charge is 0.251 e. The summed E-state index contributed by atoms with van der Waals surface area (Å²) in [6, 6.07) is 2.82. The molecule has 2 fully saturated rings. The van der Waals surface area contributed by atoms with Crippen molar-refractivity contribution in [2.24, 2.45) is 17.8 Å². The van der Waals surface area contributed by atoms with Crippen molar-refractivity contribution >= 4 is 11.6 Å². The molecule has 0 N–H and O–H groups in total. The zero-order valence-corrected chi connectivity index (χ0v) is 16.0. The van der Waals surface area contributed by atoms with Crippen LogP contribution in [0.2, 0.25) is 5.02 Å². The van der Waals surface area contributed by atoms with E-state index in [0.29, 0.717) is 12.3 Å². The van der Waals surface area contributed by atoms with Crippen LogP contribution in [0.5, 0.6) is 0 Å². The molecule has 0 bridgehead atoms. The SMILES string of the molecule is FCCC=CC1CCC(C2CCC(c3cc(F)c(Cl)c(F)c3)CC2)CC1. The van der Waals surface area contributed by atoms with Gasteiger partial charge in [0, 0.05) is 0 Å². The summed E-state index contributed by atoms with van der Waals surface area (Å²) in [5, 5.41) is -0.403. The number of hydrogen-bond donors (Lipinski definition) is 0. The van der Waals surface area contributed by atoms with E-state index in [0.717, 1.165) is 43.1 Å². The van der Waals surface area contributed by atoms with Gasteiger partial charge < -0.3 is 0 Å². The molecule has 4 heteroatoms. The van der Waals surface area contributed by atoms with Gasteiger partial charge in [0.2, 0.25) is 0 Å². The molecule has 2 aliphatic carbocycles. The smallest absolute Gasteiger partial charge is 0.145 e. The molecular weight excluding hydrogens is 357 g/mol. The normalized spacial score (nSPS) is 30.0. The highest BCUT2D eigenvalue weighted by molar-refractivity contribution is 6.30. The van der Waals surface area contributed by atoms with E-state index < -0.39 is 16.7 Å². The van der Waals surface area contributed by atoms with E-state index >= 15 is 0 Å². The number of alkyl halides is 1. The summed E-state index contributed by atoms with van der Waals surface area (Å²) in [5.41, 5.74) is 0.754. The Bertz CT molecular complexity index is 589. The highest BCUT2D eigenvalue weighted by Gasteiger charge is 2.31. The van der Waals surface area contributed by atoms with Crippen molar-refractivity contribution < 1.29 is 13.2 Å². The Balaban J connectivity index is 1.49. The summed E-state index contributed by atoms with van der Waals surface area (Å²) in [6.07, 6.45) is 13.9. The molecule has 0 heterocycles. The Hall–Kier alpha value is -0.960. The van der Waals surface area contributed by atoms with E-state index in [9.17, 15) is 13.2 Å². The van der Waals surface area contributed by atoms with Crippen LogP contribution in [-0.4, -0.2) is 6.67 Å². The Morgan fingerprint density at radius 3 is 1.96 bits per heavy atom. The molecule has 0 spiro atoms. The maximum Gasteiger partial charge on any atom is 0.145 e. The van der Waals surface area contributed by atoms with Crippen molar-refractivity contribution in [2.75, 3.05) is 6.67 Å². The predicted octanol–water partition coefficient (Wildman–Crippen LogP) is 7.61. The minimum absolute atomic E-state index is 0.243. The van der Waals surface area contributed by atoms with Crippen molar-refractivity contribution in [3.05, 3.63) is 46.5 Å². The van der Waals surface area contributed by atoms with E-state index in [1.165, 1.54) is 37.8 Å². The first-order valence-electron chi connectivity index (χ1n) is 9.95.